The molecule has 2 rings (SSSR count). The number of carbonyl (C=O) groups is 1. The second-order valence-corrected chi connectivity index (χ2v) is 5.34. The summed E-state index contributed by atoms with van der Waals surface area (Å²) in [4.78, 5) is 17.4. The number of hydrogen-bond donors (Lipinski definition) is 2. The Bertz CT molecular complexity index is 548. The van der Waals surface area contributed by atoms with Gasteiger partial charge in [-0.3, -0.25) is 9.69 Å². The molecule has 1 saturated heterocycles. The van der Waals surface area contributed by atoms with Crippen molar-refractivity contribution in [1.82, 2.24) is 20.5 Å². The highest BCUT2D eigenvalue weighted by atomic mass is 19.4. The van der Waals surface area contributed by atoms with Gasteiger partial charge in [0.05, 0.1) is 6.61 Å². The third kappa shape index (κ3) is 4.81. The molecule has 1 aromatic rings. The summed E-state index contributed by atoms with van der Waals surface area (Å²) in [5.41, 5.74) is -0.0133. The first-order chi connectivity index (χ1) is 11.4. The van der Waals surface area contributed by atoms with E-state index >= 15 is 0 Å². The molecule has 2 heterocycles. The van der Waals surface area contributed by atoms with Crippen LogP contribution in [-0.4, -0.2) is 67.3 Å². The zero-order valence-corrected chi connectivity index (χ0v) is 13.4. The molecule has 6 nitrogen and oxygen atoms in total. The Morgan fingerprint density at radius 3 is 2.79 bits per heavy atom. The van der Waals surface area contributed by atoms with Crippen molar-refractivity contribution in [2.75, 3.05) is 39.3 Å². The van der Waals surface area contributed by atoms with Crippen molar-refractivity contribution in [3.8, 4) is 5.75 Å². The molecular formula is C15H21F3N4O2. The first kappa shape index (κ1) is 18.5. The number of carbonyl (C=O) groups excluding carboxylic acids is 1. The van der Waals surface area contributed by atoms with Crippen molar-refractivity contribution < 1.29 is 22.7 Å². The van der Waals surface area contributed by atoms with E-state index in [1.165, 1.54) is 11.1 Å². The lowest BCUT2D eigenvalue weighted by atomic mass is 10.2. The molecule has 2 N–H and O–H groups in total. The van der Waals surface area contributed by atoms with Gasteiger partial charge in [-0.2, -0.15) is 13.2 Å². The standard InChI is InChI=1S/C15H21F3N4O2/c1-2-24-11-4-3-5-20-13(11)14(23)21-10-12(15(16,17)18)22-8-6-19-7-9-22/h3-5,12,19H,2,6-10H2,1H3,(H,21,23). The van der Waals surface area contributed by atoms with Gasteiger partial charge >= 0.3 is 6.18 Å². The minimum absolute atomic E-state index is 0.0133. The van der Waals surface area contributed by atoms with Crippen molar-refractivity contribution in [1.29, 1.82) is 0 Å². The van der Waals surface area contributed by atoms with Crippen LogP contribution in [-0.2, 0) is 0 Å². The van der Waals surface area contributed by atoms with Crippen LogP contribution in [0.25, 0.3) is 0 Å². The summed E-state index contributed by atoms with van der Waals surface area (Å²) in [6.07, 6.45) is -3.02. The Morgan fingerprint density at radius 1 is 1.46 bits per heavy atom. The van der Waals surface area contributed by atoms with Crippen molar-refractivity contribution in [3.63, 3.8) is 0 Å². The van der Waals surface area contributed by atoms with E-state index in [-0.39, 0.29) is 24.5 Å². The number of aromatic nitrogens is 1. The van der Waals surface area contributed by atoms with E-state index in [9.17, 15) is 18.0 Å². The van der Waals surface area contributed by atoms with Gasteiger partial charge in [0.1, 0.15) is 6.04 Å². The molecule has 0 spiro atoms. The van der Waals surface area contributed by atoms with Crippen LogP contribution < -0.4 is 15.4 Å². The summed E-state index contributed by atoms with van der Waals surface area (Å²) in [6, 6.07) is 1.44. The topological polar surface area (TPSA) is 66.5 Å². The maximum absolute atomic E-state index is 13.3. The Balaban J connectivity index is 2.04. The summed E-state index contributed by atoms with van der Waals surface area (Å²) in [7, 11) is 0. The molecule has 24 heavy (non-hydrogen) atoms. The van der Waals surface area contributed by atoms with E-state index in [2.05, 4.69) is 15.6 Å². The van der Waals surface area contributed by atoms with Crippen molar-refractivity contribution in [2.24, 2.45) is 0 Å². The molecule has 1 aliphatic rings. The van der Waals surface area contributed by atoms with E-state index < -0.39 is 24.7 Å². The lowest BCUT2D eigenvalue weighted by Gasteiger charge is -2.35. The number of nitrogens with one attached hydrogen (secondary N) is 2. The second-order valence-electron chi connectivity index (χ2n) is 5.34. The normalized spacial score (nSPS) is 17.3. The molecule has 1 amide bonds. The van der Waals surface area contributed by atoms with E-state index in [4.69, 9.17) is 4.74 Å². The van der Waals surface area contributed by atoms with Gasteiger partial charge in [0.25, 0.3) is 5.91 Å². The number of pyridine rings is 1. The predicted molar refractivity (Wildman–Crippen MR) is 82.0 cm³/mol. The van der Waals surface area contributed by atoms with Crippen LogP contribution in [0.4, 0.5) is 13.2 Å². The van der Waals surface area contributed by atoms with Crippen LogP contribution in [0, 0.1) is 0 Å². The highest BCUT2D eigenvalue weighted by Gasteiger charge is 2.43. The maximum Gasteiger partial charge on any atom is 0.405 e. The van der Waals surface area contributed by atoms with Crippen LogP contribution >= 0.6 is 0 Å². The molecule has 1 fully saturated rings. The molecule has 1 aliphatic heterocycles. The zero-order valence-electron chi connectivity index (χ0n) is 13.4. The molecule has 9 heteroatoms. The largest absolute Gasteiger partial charge is 0.491 e. The van der Waals surface area contributed by atoms with Gasteiger partial charge in [-0.1, -0.05) is 0 Å². The lowest BCUT2D eigenvalue weighted by Crippen LogP contribution is -2.57. The summed E-state index contributed by atoms with van der Waals surface area (Å²) in [6.45, 7) is 3.12. The maximum atomic E-state index is 13.3. The van der Waals surface area contributed by atoms with Crippen LogP contribution in [0.15, 0.2) is 18.3 Å². The number of ether oxygens (including phenoxy) is 1. The quantitative estimate of drug-likeness (QED) is 0.806. The van der Waals surface area contributed by atoms with Gasteiger partial charge < -0.3 is 15.4 Å². The third-order valence-electron chi connectivity index (χ3n) is 3.71. The molecule has 0 aliphatic carbocycles. The summed E-state index contributed by atoms with van der Waals surface area (Å²) < 4.78 is 45.2. The van der Waals surface area contributed by atoms with E-state index in [1.807, 2.05) is 0 Å². The minimum Gasteiger partial charge on any atom is -0.491 e. The molecule has 134 valence electrons. The highest BCUT2D eigenvalue weighted by Crippen LogP contribution is 2.25. The van der Waals surface area contributed by atoms with Crippen molar-refractivity contribution in [3.05, 3.63) is 24.0 Å². The fourth-order valence-corrected chi connectivity index (χ4v) is 2.55. The van der Waals surface area contributed by atoms with Crippen LogP contribution in [0.3, 0.4) is 0 Å². The smallest absolute Gasteiger partial charge is 0.405 e. The molecule has 0 saturated carbocycles. The highest BCUT2D eigenvalue weighted by molar-refractivity contribution is 5.94. The van der Waals surface area contributed by atoms with Gasteiger partial charge in [0.15, 0.2) is 11.4 Å². The summed E-state index contributed by atoms with van der Waals surface area (Å²) in [5.74, 6) is -0.424. The minimum atomic E-state index is -4.42. The molecule has 1 unspecified atom stereocenters. The number of alkyl halides is 3. The fraction of sp³-hybridized carbons (Fsp3) is 0.600. The zero-order chi connectivity index (χ0) is 17.6. The number of hydrogen-bond acceptors (Lipinski definition) is 5. The first-order valence-corrected chi connectivity index (χ1v) is 7.81. The monoisotopic (exact) mass is 346 g/mol. The van der Waals surface area contributed by atoms with Crippen LogP contribution in [0.5, 0.6) is 5.75 Å². The number of rotatable bonds is 6. The van der Waals surface area contributed by atoms with Crippen molar-refractivity contribution in [2.45, 2.75) is 19.1 Å². The number of piperazine rings is 1. The van der Waals surface area contributed by atoms with E-state index in [1.54, 1.807) is 19.1 Å². The molecule has 1 atom stereocenters. The first-order valence-electron chi connectivity index (χ1n) is 7.81. The molecule has 0 aromatic carbocycles. The molecule has 1 aromatic heterocycles. The Kier molecular flexibility index (Phi) is 6.38. The van der Waals surface area contributed by atoms with Gasteiger partial charge in [-0.25, -0.2) is 4.98 Å². The fourth-order valence-electron chi connectivity index (χ4n) is 2.55. The third-order valence-corrected chi connectivity index (χ3v) is 3.71. The number of amides is 1. The summed E-state index contributed by atoms with van der Waals surface area (Å²) >= 11 is 0. The SMILES string of the molecule is CCOc1cccnc1C(=O)NCC(N1CCNCC1)C(F)(F)F. The average molecular weight is 346 g/mol. The lowest BCUT2D eigenvalue weighted by molar-refractivity contribution is -0.183. The van der Waals surface area contributed by atoms with E-state index in [0.717, 1.165) is 0 Å². The molecular weight excluding hydrogens is 325 g/mol. The predicted octanol–water partition coefficient (Wildman–Crippen LogP) is 1.05. The van der Waals surface area contributed by atoms with Crippen LogP contribution in [0.1, 0.15) is 17.4 Å². The van der Waals surface area contributed by atoms with Gasteiger partial charge in [-0.15, -0.1) is 0 Å². The number of nitrogens with zero attached hydrogens (tertiary/aromatic N) is 2. The van der Waals surface area contributed by atoms with Gasteiger partial charge in [0, 0.05) is 38.9 Å². The number of halogens is 3. The Hall–Kier alpha value is -1.87. The average Bonchev–Trinajstić information content (AvgIpc) is 2.55. The van der Waals surface area contributed by atoms with Crippen molar-refractivity contribution >= 4 is 5.91 Å². The molecule has 0 bridgehead atoms. The second kappa shape index (κ2) is 8.29. The molecule has 0 radical (unpaired) electrons. The van der Waals surface area contributed by atoms with Crippen LogP contribution in [0.2, 0.25) is 0 Å². The van der Waals surface area contributed by atoms with Gasteiger partial charge in [0.2, 0.25) is 0 Å². The van der Waals surface area contributed by atoms with Gasteiger partial charge in [-0.05, 0) is 19.1 Å². The summed E-state index contributed by atoms with van der Waals surface area (Å²) in [5, 5.41) is 5.35. The Labute approximate surface area is 138 Å². The Morgan fingerprint density at radius 2 is 2.17 bits per heavy atom. The van der Waals surface area contributed by atoms with E-state index in [0.29, 0.717) is 19.7 Å².